The summed E-state index contributed by atoms with van der Waals surface area (Å²) in [6.45, 7) is 16.7. The second-order valence-corrected chi connectivity index (χ2v) is 11.7. The van der Waals surface area contributed by atoms with Crippen LogP contribution in [0.25, 0.3) is 10.8 Å². The van der Waals surface area contributed by atoms with E-state index < -0.39 is 29.3 Å². The second kappa shape index (κ2) is 12.6. The third-order valence-corrected chi connectivity index (χ3v) is 5.28. The maximum atomic E-state index is 13.1. The van der Waals surface area contributed by atoms with Gasteiger partial charge in [-0.25, -0.2) is 9.59 Å². The van der Waals surface area contributed by atoms with Gasteiger partial charge >= 0.3 is 12.1 Å². The normalized spacial score (nSPS) is 12.6. The third kappa shape index (κ3) is 8.68. The summed E-state index contributed by atoms with van der Waals surface area (Å²) in [6.07, 6.45) is 0.714. The zero-order chi connectivity index (χ0) is 30.5. The van der Waals surface area contributed by atoms with Crippen LogP contribution in [0, 0.1) is 0 Å². The van der Waals surface area contributed by atoms with Gasteiger partial charge < -0.3 is 24.6 Å². The van der Waals surface area contributed by atoms with Crippen LogP contribution in [-0.4, -0.2) is 51.3 Å². The lowest BCUT2D eigenvalue weighted by Crippen LogP contribution is -2.42. The highest BCUT2D eigenvalue weighted by atomic mass is 16.7. The molecule has 41 heavy (non-hydrogen) atoms. The van der Waals surface area contributed by atoms with Crippen LogP contribution in [0.1, 0.15) is 73.9 Å². The molecule has 11 heteroatoms. The smallest absolute Gasteiger partial charge is 0.440 e. The average Bonchev–Trinajstić information content (AvgIpc) is 2.84. The lowest BCUT2D eigenvalue weighted by atomic mass is 10.0. The van der Waals surface area contributed by atoms with Crippen molar-refractivity contribution < 1.29 is 33.7 Å². The van der Waals surface area contributed by atoms with Crippen molar-refractivity contribution >= 4 is 34.3 Å². The van der Waals surface area contributed by atoms with E-state index in [0.29, 0.717) is 40.1 Å². The van der Waals surface area contributed by atoms with Crippen LogP contribution in [0.15, 0.2) is 42.6 Å². The minimum absolute atomic E-state index is 0.0703. The Morgan fingerprint density at radius 2 is 1.71 bits per heavy atom. The van der Waals surface area contributed by atoms with Gasteiger partial charge in [-0.15, -0.1) is 10.2 Å². The Kier molecular flexibility index (Phi) is 9.65. The SMILES string of the molecule is CCOc1cc(C(Nc2ccc3c(N(OC(C)(C)C)C(=O)OC(C)(C)C)nncc3c2)C(=O)O)ccc1OC(C)C. The highest BCUT2D eigenvalue weighted by Crippen LogP contribution is 2.34. The fourth-order valence-electron chi connectivity index (χ4n) is 3.83. The molecule has 0 saturated heterocycles. The van der Waals surface area contributed by atoms with Crippen molar-refractivity contribution in [1.82, 2.24) is 10.2 Å². The van der Waals surface area contributed by atoms with Gasteiger partial charge in [-0.3, -0.25) is 4.84 Å². The first kappa shape index (κ1) is 31.4. The predicted octanol–water partition coefficient (Wildman–Crippen LogP) is 6.53. The van der Waals surface area contributed by atoms with Crippen LogP contribution in [-0.2, 0) is 14.4 Å². The number of nitrogens with zero attached hydrogens (tertiary/aromatic N) is 3. The number of amides is 1. The van der Waals surface area contributed by atoms with Crippen molar-refractivity contribution in [3.05, 3.63) is 48.2 Å². The van der Waals surface area contributed by atoms with Crippen LogP contribution in [0.2, 0.25) is 0 Å². The summed E-state index contributed by atoms with van der Waals surface area (Å²) in [4.78, 5) is 31.4. The molecule has 1 atom stereocenters. The minimum Gasteiger partial charge on any atom is -0.490 e. The molecule has 0 fully saturated rings. The molecule has 0 aliphatic rings. The summed E-state index contributed by atoms with van der Waals surface area (Å²) < 4.78 is 17.1. The lowest BCUT2D eigenvalue weighted by Gasteiger charge is -2.31. The lowest BCUT2D eigenvalue weighted by molar-refractivity contribution is -0.138. The van der Waals surface area contributed by atoms with Crippen molar-refractivity contribution in [2.75, 3.05) is 17.0 Å². The molecular formula is C30H40N4O7. The molecule has 0 saturated carbocycles. The van der Waals surface area contributed by atoms with Crippen LogP contribution < -0.4 is 19.9 Å². The van der Waals surface area contributed by atoms with E-state index in [-0.39, 0.29) is 11.9 Å². The van der Waals surface area contributed by atoms with Crippen LogP contribution >= 0.6 is 0 Å². The van der Waals surface area contributed by atoms with Gasteiger partial charge in [0.25, 0.3) is 0 Å². The number of hydroxylamine groups is 1. The van der Waals surface area contributed by atoms with Crippen molar-refractivity contribution in [2.24, 2.45) is 0 Å². The summed E-state index contributed by atoms with van der Waals surface area (Å²) >= 11 is 0. The van der Waals surface area contributed by atoms with Crippen LogP contribution in [0.3, 0.4) is 0 Å². The summed E-state index contributed by atoms with van der Waals surface area (Å²) in [5, 5.41) is 23.6. The predicted molar refractivity (Wildman–Crippen MR) is 156 cm³/mol. The van der Waals surface area contributed by atoms with Gasteiger partial charge in [0.05, 0.1) is 24.5 Å². The Bertz CT molecular complexity index is 1380. The van der Waals surface area contributed by atoms with E-state index >= 15 is 0 Å². The van der Waals surface area contributed by atoms with Crippen molar-refractivity contribution in [1.29, 1.82) is 0 Å². The van der Waals surface area contributed by atoms with Gasteiger partial charge in [-0.1, -0.05) is 6.07 Å². The molecule has 1 heterocycles. The maximum Gasteiger partial charge on any atom is 0.440 e. The van der Waals surface area contributed by atoms with Gasteiger partial charge in [0.1, 0.15) is 5.60 Å². The number of fused-ring (bicyclic) bond motifs is 1. The number of carbonyl (C=O) groups excluding carboxylic acids is 1. The maximum absolute atomic E-state index is 13.1. The Morgan fingerprint density at radius 3 is 2.29 bits per heavy atom. The monoisotopic (exact) mass is 568 g/mol. The molecule has 0 aliphatic carbocycles. The quantitative estimate of drug-likeness (QED) is 0.260. The van der Waals surface area contributed by atoms with Crippen LogP contribution in [0.5, 0.6) is 11.5 Å². The van der Waals surface area contributed by atoms with Crippen molar-refractivity contribution in [3.8, 4) is 11.5 Å². The largest absolute Gasteiger partial charge is 0.490 e. The number of ether oxygens (including phenoxy) is 3. The zero-order valence-electron chi connectivity index (χ0n) is 25.1. The number of aromatic nitrogens is 2. The summed E-state index contributed by atoms with van der Waals surface area (Å²) in [6, 6.07) is 9.13. The van der Waals surface area contributed by atoms with Gasteiger partial charge in [0.15, 0.2) is 23.4 Å². The number of anilines is 2. The molecule has 1 unspecified atom stereocenters. The highest BCUT2D eigenvalue weighted by molar-refractivity contribution is 5.99. The molecule has 222 valence electrons. The van der Waals surface area contributed by atoms with E-state index in [9.17, 15) is 14.7 Å². The summed E-state index contributed by atoms with van der Waals surface area (Å²) in [7, 11) is 0. The number of carboxylic acids is 1. The first-order chi connectivity index (χ1) is 19.1. The Morgan fingerprint density at radius 1 is 1.00 bits per heavy atom. The summed E-state index contributed by atoms with van der Waals surface area (Å²) in [5.41, 5.74) is -0.503. The van der Waals surface area contributed by atoms with Crippen molar-refractivity contribution in [3.63, 3.8) is 0 Å². The zero-order valence-corrected chi connectivity index (χ0v) is 25.1. The van der Waals surface area contributed by atoms with Crippen LogP contribution in [0.4, 0.5) is 16.3 Å². The standard InChI is InChI=1S/C30H40N4O7/c1-10-38-24-16-19(11-14-23(24)39-18(2)3)25(27(35)36)32-21-12-13-22-20(15-21)17-31-33-26(22)34(41-30(7,8)9)28(37)40-29(4,5)6/h11-18,25,32H,10H2,1-9H3,(H,35,36). The second-order valence-electron chi connectivity index (χ2n) is 11.7. The summed E-state index contributed by atoms with van der Waals surface area (Å²) in [5.74, 6) is 0.0771. The number of carboxylic acid groups (broad SMARTS) is 1. The highest BCUT2D eigenvalue weighted by Gasteiger charge is 2.31. The van der Waals surface area contributed by atoms with Crippen molar-refractivity contribution in [2.45, 2.75) is 85.7 Å². The van der Waals surface area contributed by atoms with E-state index in [1.165, 1.54) is 6.20 Å². The molecule has 2 aromatic carbocycles. The number of hydrogen-bond acceptors (Lipinski definition) is 9. The number of hydrogen-bond donors (Lipinski definition) is 2. The molecule has 3 aromatic rings. The number of carbonyl (C=O) groups is 2. The first-order valence-corrected chi connectivity index (χ1v) is 13.5. The first-order valence-electron chi connectivity index (χ1n) is 13.5. The molecule has 1 amide bonds. The molecule has 1 aromatic heterocycles. The average molecular weight is 569 g/mol. The third-order valence-electron chi connectivity index (χ3n) is 5.28. The fraction of sp³-hybridized carbons (Fsp3) is 0.467. The van der Waals surface area contributed by atoms with Gasteiger partial charge in [-0.05, 0) is 98.2 Å². The topological polar surface area (TPSA) is 132 Å². The fourth-order valence-corrected chi connectivity index (χ4v) is 3.83. The number of benzene rings is 2. The minimum atomic E-state index is -1.09. The van der Waals surface area contributed by atoms with Gasteiger partial charge in [0.2, 0.25) is 0 Å². The van der Waals surface area contributed by atoms with E-state index in [4.69, 9.17) is 19.0 Å². The van der Waals surface area contributed by atoms with E-state index in [1.54, 1.807) is 77.9 Å². The molecule has 2 N–H and O–H groups in total. The number of aliphatic carboxylic acids is 1. The number of nitrogens with one attached hydrogen (secondary N) is 1. The van der Waals surface area contributed by atoms with Gasteiger partial charge in [0, 0.05) is 16.5 Å². The van der Waals surface area contributed by atoms with E-state index in [2.05, 4.69) is 15.5 Å². The molecule has 0 bridgehead atoms. The van der Waals surface area contributed by atoms with E-state index in [0.717, 1.165) is 5.06 Å². The Hall–Kier alpha value is -4.12. The molecule has 3 rings (SSSR count). The number of rotatable bonds is 10. The Labute approximate surface area is 240 Å². The molecule has 0 spiro atoms. The molecular weight excluding hydrogens is 528 g/mol. The molecule has 11 nitrogen and oxygen atoms in total. The Balaban J connectivity index is 1.99. The molecule has 0 radical (unpaired) electrons. The molecule has 0 aliphatic heterocycles. The van der Waals surface area contributed by atoms with E-state index in [1.807, 2.05) is 20.8 Å². The van der Waals surface area contributed by atoms with Gasteiger partial charge in [-0.2, -0.15) is 5.10 Å².